The summed E-state index contributed by atoms with van der Waals surface area (Å²) >= 11 is 1.56. The lowest BCUT2D eigenvalue weighted by Gasteiger charge is -2.13. The van der Waals surface area contributed by atoms with Crippen molar-refractivity contribution in [3.8, 4) is 16.9 Å². The molecule has 0 aliphatic carbocycles. The summed E-state index contributed by atoms with van der Waals surface area (Å²) in [6, 6.07) is 10.1. The van der Waals surface area contributed by atoms with E-state index >= 15 is 0 Å². The third kappa shape index (κ3) is 3.60. The van der Waals surface area contributed by atoms with E-state index in [0.29, 0.717) is 13.0 Å². The number of aryl methyl sites for hydroxylation is 1. The number of amides is 1. The van der Waals surface area contributed by atoms with Crippen LogP contribution in [0.5, 0.6) is 5.75 Å². The van der Waals surface area contributed by atoms with Gasteiger partial charge in [-0.3, -0.25) is 9.78 Å². The number of nitrogens with zero attached hydrogens (tertiary/aromatic N) is 2. The topological polar surface area (TPSA) is 64.1 Å². The summed E-state index contributed by atoms with van der Waals surface area (Å²) in [7, 11) is 0. The summed E-state index contributed by atoms with van der Waals surface area (Å²) in [5, 5.41) is 5.87. The van der Waals surface area contributed by atoms with Gasteiger partial charge in [0.2, 0.25) is 5.91 Å². The molecule has 1 aromatic carbocycles. The molecule has 3 heterocycles. The fraction of sp³-hybridized carbons (Fsp3) is 0.250. The highest BCUT2D eigenvalue weighted by Crippen LogP contribution is 2.38. The molecule has 5 nitrogen and oxygen atoms in total. The van der Waals surface area contributed by atoms with Gasteiger partial charge < -0.3 is 10.1 Å². The van der Waals surface area contributed by atoms with Crippen molar-refractivity contribution in [3.05, 3.63) is 64.4 Å². The van der Waals surface area contributed by atoms with Gasteiger partial charge in [0, 0.05) is 29.8 Å². The van der Waals surface area contributed by atoms with Gasteiger partial charge in [0.25, 0.3) is 0 Å². The van der Waals surface area contributed by atoms with Crippen molar-refractivity contribution in [3.63, 3.8) is 0 Å². The number of pyridine rings is 1. The van der Waals surface area contributed by atoms with Crippen LogP contribution in [0.1, 0.15) is 16.3 Å². The molecule has 0 saturated carbocycles. The van der Waals surface area contributed by atoms with Gasteiger partial charge in [-0.2, -0.15) is 0 Å². The van der Waals surface area contributed by atoms with E-state index in [4.69, 9.17) is 4.74 Å². The maximum absolute atomic E-state index is 12.1. The predicted molar refractivity (Wildman–Crippen MR) is 101 cm³/mol. The van der Waals surface area contributed by atoms with Crippen LogP contribution in [0.15, 0.2) is 48.1 Å². The van der Waals surface area contributed by atoms with Crippen LogP contribution in [-0.4, -0.2) is 28.5 Å². The van der Waals surface area contributed by atoms with Crippen LogP contribution in [0.4, 0.5) is 0 Å². The largest absolute Gasteiger partial charge is 0.487 e. The van der Waals surface area contributed by atoms with E-state index < -0.39 is 0 Å². The molecule has 6 heteroatoms. The van der Waals surface area contributed by atoms with Crippen molar-refractivity contribution in [1.29, 1.82) is 0 Å². The van der Waals surface area contributed by atoms with Gasteiger partial charge in [-0.15, -0.1) is 11.3 Å². The second kappa shape index (κ2) is 7.25. The van der Waals surface area contributed by atoms with Crippen molar-refractivity contribution in [1.82, 2.24) is 15.3 Å². The van der Waals surface area contributed by atoms with E-state index in [1.54, 1.807) is 23.7 Å². The molecule has 0 fully saturated rings. The van der Waals surface area contributed by atoms with Gasteiger partial charge >= 0.3 is 0 Å². The molecule has 2 aromatic heterocycles. The van der Waals surface area contributed by atoms with E-state index in [1.807, 2.05) is 30.5 Å². The Balaban J connectivity index is 1.39. The number of hydrogen-bond donors (Lipinski definition) is 1. The maximum atomic E-state index is 12.1. The smallest absolute Gasteiger partial charge is 0.226 e. The molecule has 1 unspecified atom stereocenters. The second-order valence-corrected chi connectivity index (χ2v) is 7.37. The summed E-state index contributed by atoms with van der Waals surface area (Å²) in [6.07, 6.45) is 4.62. The zero-order chi connectivity index (χ0) is 17.9. The number of carbonyl (C=O) groups is 1. The summed E-state index contributed by atoms with van der Waals surface area (Å²) < 4.78 is 6.15. The van der Waals surface area contributed by atoms with E-state index in [1.165, 1.54) is 5.56 Å². The first-order chi connectivity index (χ1) is 12.7. The number of nitrogens with one attached hydrogen (secondary N) is 1. The highest BCUT2D eigenvalue weighted by Gasteiger charge is 2.26. The zero-order valence-electron chi connectivity index (χ0n) is 14.4. The molecule has 3 aromatic rings. The first kappa shape index (κ1) is 16.7. The molecular formula is C20H19N3O2S. The molecule has 1 aliphatic heterocycles. The van der Waals surface area contributed by atoms with Crippen LogP contribution in [0.3, 0.4) is 0 Å². The third-order valence-electron chi connectivity index (χ3n) is 4.36. The molecule has 1 atom stereocenters. The van der Waals surface area contributed by atoms with Crippen molar-refractivity contribution < 1.29 is 9.53 Å². The number of ether oxygens (including phenoxy) is 1. The van der Waals surface area contributed by atoms with E-state index in [9.17, 15) is 4.79 Å². The van der Waals surface area contributed by atoms with Crippen molar-refractivity contribution in [2.45, 2.75) is 25.9 Å². The molecular weight excluding hydrogens is 346 g/mol. The highest BCUT2D eigenvalue weighted by atomic mass is 32.1. The van der Waals surface area contributed by atoms with Crippen LogP contribution >= 0.6 is 11.3 Å². The number of aromatic nitrogens is 2. The molecule has 0 bridgehead atoms. The minimum Gasteiger partial charge on any atom is -0.487 e. The van der Waals surface area contributed by atoms with Gasteiger partial charge in [0.1, 0.15) is 11.9 Å². The molecule has 0 spiro atoms. The Morgan fingerprint density at radius 2 is 2.15 bits per heavy atom. The number of hydrogen-bond acceptors (Lipinski definition) is 5. The Labute approximate surface area is 156 Å². The van der Waals surface area contributed by atoms with Gasteiger partial charge in [0.15, 0.2) is 0 Å². The quantitative estimate of drug-likeness (QED) is 0.754. The normalized spacial score (nSPS) is 15.3. The zero-order valence-corrected chi connectivity index (χ0v) is 15.3. The highest BCUT2D eigenvalue weighted by molar-refractivity contribution is 7.09. The standard InChI is InChI=1S/C20H19N3O2S/c1-13-23-16(12-26-13)10-19(24)22-11-17-9-15-3-2-4-18(20(15)25-17)14-5-7-21-8-6-14/h2-8,12,17H,9-11H2,1H3,(H,22,24). The average Bonchev–Trinajstić information content (AvgIpc) is 3.26. The molecule has 0 saturated heterocycles. The fourth-order valence-electron chi connectivity index (χ4n) is 3.16. The van der Waals surface area contributed by atoms with Crippen LogP contribution in [0, 0.1) is 6.92 Å². The lowest BCUT2D eigenvalue weighted by Crippen LogP contribution is -2.35. The maximum Gasteiger partial charge on any atom is 0.226 e. The minimum absolute atomic E-state index is 0.0239. The molecule has 0 radical (unpaired) electrons. The summed E-state index contributed by atoms with van der Waals surface area (Å²) in [5.41, 5.74) is 4.14. The third-order valence-corrected chi connectivity index (χ3v) is 5.18. The number of fused-ring (bicyclic) bond motifs is 1. The fourth-order valence-corrected chi connectivity index (χ4v) is 3.77. The minimum atomic E-state index is -0.0471. The number of carbonyl (C=O) groups excluding carboxylic acids is 1. The van der Waals surface area contributed by atoms with Crippen LogP contribution in [0.2, 0.25) is 0 Å². The predicted octanol–water partition coefficient (Wildman–Crippen LogP) is 3.18. The Hall–Kier alpha value is -2.73. The van der Waals surface area contributed by atoms with Crippen LogP contribution in [0.25, 0.3) is 11.1 Å². The van der Waals surface area contributed by atoms with E-state index in [0.717, 1.165) is 34.0 Å². The van der Waals surface area contributed by atoms with E-state index in [-0.39, 0.29) is 12.0 Å². The summed E-state index contributed by atoms with van der Waals surface area (Å²) in [4.78, 5) is 20.5. The van der Waals surface area contributed by atoms with Gasteiger partial charge in [-0.05, 0) is 30.2 Å². The SMILES string of the molecule is Cc1nc(CC(=O)NCC2Cc3cccc(-c4ccncc4)c3O2)cs1. The number of para-hydroxylation sites is 1. The van der Waals surface area contributed by atoms with Crippen molar-refractivity contribution in [2.75, 3.05) is 6.54 Å². The lowest BCUT2D eigenvalue weighted by atomic mass is 10.0. The van der Waals surface area contributed by atoms with Gasteiger partial charge in [0.05, 0.1) is 23.7 Å². The first-order valence-corrected chi connectivity index (χ1v) is 9.43. The molecule has 1 N–H and O–H groups in total. The molecule has 1 amide bonds. The second-order valence-electron chi connectivity index (χ2n) is 6.31. The van der Waals surface area contributed by atoms with Crippen LogP contribution in [-0.2, 0) is 17.6 Å². The molecule has 26 heavy (non-hydrogen) atoms. The molecule has 1 aliphatic rings. The number of benzene rings is 1. The first-order valence-electron chi connectivity index (χ1n) is 8.55. The van der Waals surface area contributed by atoms with Crippen molar-refractivity contribution in [2.24, 2.45) is 0 Å². The number of thiazole rings is 1. The van der Waals surface area contributed by atoms with Gasteiger partial charge in [-0.25, -0.2) is 4.98 Å². The van der Waals surface area contributed by atoms with E-state index in [2.05, 4.69) is 27.4 Å². The summed E-state index contributed by atoms with van der Waals surface area (Å²) in [6.45, 7) is 2.43. The molecule has 132 valence electrons. The Bertz CT molecular complexity index is 924. The lowest BCUT2D eigenvalue weighted by molar-refractivity contribution is -0.120. The number of rotatable bonds is 5. The van der Waals surface area contributed by atoms with Crippen LogP contribution < -0.4 is 10.1 Å². The Morgan fingerprint density at radius 1 is 1.31 bits per heavy atom. The van der Waals surface area contributed by atoms with Crippen molar-refractivity contribution >= 4 is 17.2 Å². The molecule has 4 rings (SSSR count). The monoisotopic (exact) mass is 365 g/mol. The van der Waals surface area contributed by atoms with Gasteiger partial charge in [-0.1, -0.05) is 18.2 Å². The summed E-state index contributed by atoms with van der Waals surface area (Å²) in [5.74, 6) is 0.886. The Morgan fingerprint density at radius 3 is 2.92 bits per heavy atom. The Kier molecular flexibility index (Phi) is 4.67. The average molecular weight is 365 g/mol.